The molecular weight excluding hydrogens is 817 g/mol. The number of rotatable bonds is 48. The van der Waals surface area contributed by atoms with E-state index in [9.17, 15) is 14.4 Å². The van der Waals surface area contributed by atoms with Crippen molar-refractivity contribution in [3.8, 4) is 0 Å². The van der Waals surface area contributed by atoms with Crippen molar-refractivity contribution >= 4 is 17.9 Å². The van der Waals surface area contributed by atoms with Gasteiger partial charge >= 0.3 is 17.9 Å². The zero-order valence-electron chi connectivity index (χ0n) is 42.9. The zero-order chi connectivity index (χ0) is 47.9. The van der Waals surface area contributed by atoms with Crippen LogP contribution in [0.2, 0.25) is 0 Å². The lowest BCUT2D eigenvalue weighted by Crippen LogP contribution is -2.30. The Morgan fingerprint density at radius 2 is 0.591 bits per heavy atom. The third kappa shape index (κ3) is 51.3. The molecule has 0 aromatic heterocycles. The summed E-state index contributed by atoms with van der Waals surface area (Å²) in [7, 11) is 0. The van der Waals surface area contributed by atoms with Gasteiger partial charge in [0.05, 0.1) is 0 Å². The highest BCUT2D eigenvalue weighted by molar-refractivity contribution is 5.71. The summed E-state index contributed by atoms with van der Waals surface area (Å²) in [6, 6.07) is 0. The summed E-state index contributed by atoms with van der Waals surface area (Å²) < 4.78 is 16.8. The minimum Gasteiger partial charge on any atom is -0.462 e. The summed E-state index contributed by atoms with van der Waals surface area (Å²) in [6.45, 7) is 6.44. The average molecular weight is 917 g/mol. The number of unbranched alkanes of at least 4 members (excludes halogenated alkanes) is 21. The zero-order valence-corrected chi connectivity index (χ0v) is 42.9. The molecule has 0 saturated carbocycles. The maximum absolute atomic E-state index is 12.8. The van der Waals surface area contributed by atoms with Crippen LogP contribution >= 0.6 is 0 Å². The van der Waals surface area contributed by atoms with Crippen molar-refractivity contribution in [3.63, 3.8) is 0 Å². The summed E-state index contributed by atoms with van der Waals surface area (Å²) >= 11 is 0. The first-order valence-electron chi connectivity index (χ1n) is 27.2. The van der Waals surface area contributed by atoms with Crippen molar-refractivity contribution < 1.29 is 28.6 Å². The number of hydrogen-bond acceptors (Lipinski definition) is 6. The molecule has 0 bridgehead atoms. The van der Waals surface area contributed by atoms with Crippen LogP contribution in [-0.2, 0) is 28.6 Å². The highest BCUT2D eigenvalue weighted by Gasteiger charge is 2.19. The molecule has 0 N–H and O–H groups in total. The van der Waals surface area contributed by atoms with E-state index in [2.05, 4.69) is 118 Å². The van der Waals surface area contributed by atoms with Gasteiger partial charge in [-0.2, -0.15) is 0 Å². The van der Waals surface area contributed by atoms with Gasteiger partial charge in [0.15, 0.2) is 6.10 Å². The quantitative estimate of drug-likeness (QED) is 0.0262. The fourth-order valence-electron chi connectivity index (χ4n) is 7.20. The molecule has 0 aromatic carbocycles. The van der Waals surface area contributed by atoms with Crippen LogP contribution in [0, 0.1) is 0 Å². The maximum atomic E-state index is 12.8. The van der Waals surface area contributed by atoms with Gasteiger partial charge in [-0.25, -0.2) is 0 Å². The van der Waals surface area contributed by atoms with Gasteiger partial charge in [-0.3, -0.25) is 14.4 Å². The van der Waals surface area contributed by atoms with E-state index in [4.69, 9.17) is 14.2 Å². The summed E-state index contributed by atoms with van der Waals surface area (Å²) in [5.74, 6) is -0.958. The monoisotopic (exact) mass is 917 g/mol. The normalized spacial score (nSPS) is 12.8. The molecule has 0 fully saturated rings. The molecule has 66 heavy (non-hydrogen) atoms. The third-order valence-corrected chi connectivity index (χ3v) is 11.3. The Morgan fingerprint density at radius 3 is 0.985 bits per heavy atom. The Bertz CT molecular complexity index is 1330. The minimum absolute atomic E-state index is 0.100. The molecule has 0 aliphatic carbocycles. The van der Waals surface area contributed by atoms with Crippen LogP contribution in [0.25, 0.3) is 0 Å². The van der Waals surface area contributed by atoms with E-state index in [-0.39, 0.29) is 31.1 Å². The second-order valence-electron chi connectivity index (χ2n) is 17.7. The number of allylic oxidation sites excluding steroid dienone is 16. The Hall–Kier alpha value is -3.67. The van der Waals surface area contributed by atoms with Gasteiger partial charge in [0, 0.05) is 19.3 Å². The molecule has 6 heteroatoms. The van der Waals surface area contributed by atoms with Crippen LogP contribution in [0.5, 0.6) is 0 Å². The van der Waals surface area contributed by atoms with Crippen molar-refractivity contribution in [2.45, 2.75) is 252 Å². The third-order valence-electron chi connectivity index (χ3n) is 11.3. The van der Waals surface area contributed by atoms with Gasteiger partial charge in [0.25, 0.3) is 0 Å². The molecule has 0 unspecified atom stereocenters. The molecule has 0 spiro atoms. The van der Waals surface area contributed by atoms with Crippen LogP contribution in [-0.4, -0.2) is 37.2 Å². The first-order chi connectivity index (χ1) is 32.5. The van der Waals surface area contributed by atoms with E-state index < -0.39 is 6.10 Å². The van der Waals surface area contributed by atoms with E-state index in [1.54, 1.807) is 0 Å². The van der Waals surface area contributed by atoms with E-state index >= 15 is 0 Å². The lowest BCUT2D eigenvalue weighted by molar-refractivity contribution is -0.167. The topological polar surface area (TPSA) is 78.9 Å². The van der Waals surface area contributed by atoms with Crippen LogP contribution in [0.3, 0.4) is 0 Å². The number of hydrogen-bond donors (Lipinski definition) is 0. The second-order valence-corrected chi connectivity index (χ2v) is 17.7. The van der Waals surface area contributed by atoms with Gasteiger partial charge in [0.1, 0.15) is 13.2 Å². The highest BCUT2D eigenvalue weighted by atomic mass is 16.6. The van der Waals surface area contributed by atoms with Crippen LogP contribution in [0.15, 0.2) is 97.2 Å². The molecule has 1 atom stereocenters. The molecule has 0 aliphatic rings. The van der Waals surface area contributed by atoms with Crippen molar-refractivity contribution in [2.24, 2.45) is 0 Å². The predicted molar refractivity (Wildman–Crippen MR) is 284 cm³/mol. The fourth-order valence-corrected chi connectivity index (χ4v) is 7.20. The Morgan fingerprint density at radius 1 is 0.318 bits per heavy atom. The lowest BCUT2D eigenvalue weighted by atomic mass is 10.1. The molecule has 376 valence electrons. The molecule has 0 radical (unpaired) electrons. The van der Waals surface area contributed by atoms with Crippen molar-refractivity contribution in [2.75, 3.05) is 13.2 Å². The molecule has 6 nitrogen and oxygen atoms in total. The minimum atomic E-state index is -0.804. The van der Waals surface area contributed by atoms with Gasteiger partial charge in [-0.1, -0.05) is 201 Å². The van der Waals surface area contributed by atoms with Gasteiger partial charge in [0.2, 0.25) is 0 Å². The number of carbonyl (C=O) groups is 3. The second kappa shape index (κ2) is 53.9. The predicted octanol–water partition coefficient (Wildman–Crippen LogP) is 18.1. The van der Waals surface area contributed by atoms with Gasteiger partial charge < -0.3 is 14.2 Å². The van der Waals surface area contributed by atoms with Gasteiger partial charge in [-0.15, -0.1) is 0 Å². The van der Waals surface area contributed by atoms with Crippen molar-refractivity contribution in [1.29, 1.82) is 0 Å². The van der Waals surface area contributed by atoms with Gasteiger partial charge in [-0.05, 0) is 122 Å². The largest absolute Gasteiger partial charge is 0.462 e. The fraction of sp³-hybridized carbons (Fsp3) is 0.683. The summed E-state index contributed by atoms with van der Waals surface area (Å²) in [5, 5.41) is 0. The van der Waals surface area contributed by atoms with Crippen molar-refractivity contribution in [3.05, 3.63) is 97.2 Å². The first-order valence-corrected chi connectivity index (χ1v) is 27.2. The van der Waals surface area contributed by atoms with E-state index in [1.165, 1.54) is 70.6 Å². The molecule has 0 amide bonds. The molecule has 0 saturated heterocycles. The average Bonchev–Trinajstić information content (AvgIpc) is 3.31. The van der Waals surface area contributed by atoms with E-state index in [1.807, 2.05) is 0 Å². The number of carbonyl (C=O) groups excluding carboxylic acids is 3. The molecule has 0 heterocycles. The lowest BCUT2D eigenvalue weighted by Gasteiger charge is -2.18. The standard InChI is InChI=1S/C60H100O6/c1-4-7-10-13-16-19-22-25-28-29-30-31-33-35-38-41-44-47-50-53-59(62)65-56-57(55-64-58(61)52-49-46-43-40-37-34-27-24-21-18-15-12-9-6-3)66-60(63)54-51-48-45-42-39-36-32-26-23-20-17-14-11-8-5-2/h8,11,16-17,19-20,24-28,30-32,35,38,57H,4-7,9-10,12-15,18,21-23,29,33-34,36-37,39-56H2,1-3H3/b11-8-,19-16-,20-17-,27-24-,28-25-,31-30-,32-26-,38-35-/t57-/m1/s1. The SMILES string of the molecule is CC/C=C\C/C=C\C/C=C\CCCCCCCC(=O)O[C@@H](COC(=O)CCCCC/C=C\C/C=C\C/C=C\C/C=C\CCCCC)COC(=O)CCCCCCC/C=C\CCCCCCC. The Labute approximate surface area is 407 Å². The molecular formula is C60H100O6. The Balaban J connectivity index is 4.49. The molecule has 0 aromatic rings. The smallest absolute Gasteiger partial charge is 0.306 e. The highest BCUT2D eigenvalue weighted by Crippen LogP contribution is 2.13. The number of ether oxygens (including phenoxy) is 3. The van der Waals surface area contributed by atoms with E-state index in [0.29, 0.717) is 19.3 Å². The first kappa shape index (κ1) is 62.3. The number of esters is 3. The summed E-state index contributed by atoms with van der Waals surface area (Å²) in [5.41, 5.74) is 0. The van der Waals surface area contributed by atoms with E-state index in [0.717, 1.165) is 135 Å². The Kier molecular flexibility index (Phi) is 50.9. The molecule has 0 aliphatic heterocycles. The maximum Gasteiger partial charge on any atom is 0.306 e. The summed E-state index contributed by atoms with van der Waals surface area (Å²) in [6.07, 6.45) is 71.0. The van der Waals surface area contributed by atoms with Crippen LogP contribution in [0.1, 0.15) is 245 Å². The van der Waals surface area contributed by atoms with Crippen LogP contribution < -0.4 is 0 Å². The van der Waals surface area contributed by atoms with Crippen molar-refractivity contribution in [1.82, 2.24) is 0 Å². The summed E-state index contributed by atoms with van der Waals surface area (Å²) in [4.78, 5) is 38.1. The molecule has 0 rings (SSSR count). The van der Waals surface area contributed by atoms with Crippen LogP contribution in [0.4, 0.5) is 0 Å².